The average molecular weight is 246 g/mol. The highest BCUT2D eigenvalue weighted by Crippen LogP contribution is 2.19. The van der Waals surface area contributed by atoms with Crippen molar-refractivity contribution in [3.05, 3.63) is 34.6 Å². The Hall–Kier alpha value is -1.13. The highest BCUT2D eigenvalue weighted by atomic mass is 35.5. The normalized spacial score (nSPS) is 12.4. The van der Waals surface area contributed by atoms with Crippen LogP contribution < -0.4 is 5.73 Å². The van der Waals surface area contributed by atoms with Crippen LogP contribution in [0.15, 0.2) is 18.2 Å². The smallest absolute Gasteiger partial charge is 0.303 e. The van der Waals surface area contributed by atoms with Crippen molar-refractivity contribution in [2.75, 3.05) is 0 Å². The number of halogens is 2. The minimum atomic E-state index is -0.874. The molecule has 0 heterocycles. The van der Waals surface area contributed by atoms with Gasteiger partial charge in [-0.05, 0) is 30.5 Å². The zero-order chi connectivity index (χ0) is 12.1. The van der Waals surface area contributed by atoms with Crippen LogP contribution >= 0.6 is 11.6 Å². The lowest BCUT2D eigenvalue weighted by Gasteiger charge is -2.11. The van der Waals surface area contributed by atoms with Crippen LogP contribution in [0.3, 0.4) is 0 Å². The van der Waals surface area contributed by atoms with E-state index in [2.05, 4.69) is 0 Å². The van der Waals surface area contributed by atoms with Gasteiger partial charge in [0.2, 0.25) is 0 Å². The second kappa shape index (κ2) is 5.82. The Morgan fingerprint density at radius 1 is 1.56 bits per heavy atom. The van der Waals surface area contributed by atoms with E-state index in [1.165, 1.54) is 12.1 Å². The SMILES string of the molecule is NC(CCC(=O)O)Cc1ccc(F)cc1Cl. The van der Waals surface area contributed by atoms with E-state index < -0.39 is 11.8 Å². The lowest BCUT2D eigenvalue weighted by Crippen LogP contribution is -2.23. The summed E-state index contributed by atoms with van der Waals surface area (Å²) in [5.41, 5.74) is 6.48. The Morgan fingerprint density at radius 2 is 2.25 bits per heavy atom. The van der Waals surface area contributed by atoms with Crippen molar-refractivity contribution < 1.29 is 14.3 Å². The lowest BCUT2D eigenvalue weighted by molar-refractivity contribution is -0.137. The van der Waals surface area contributed by atoms with E-state index in [0.29, 0.717) is 17.9 Å². The summed E-state index contributed by atoms with van der Waals surface area (Å²) in [6.45, 7) is 0. The quantitative estimate of drug-likeness (QED) is 0.836. The first-order valence-corrected chi connectivity index (χ1v) is 5.28. The molecule has 3 nitrogen and oxygen atoms in total. The number of aliphatic carboxylic acids is 1. The summed E-state index contributed by atoms with van der Waals surface area (Å²) in [6.07, 6.45) is 0.857. The fourth-order valence-corrected chi connectivity index (χ4v) is 1.63. The molecule has 1 atom stereocenters. The Bertz CT molecular complexity index is 384. The molecule has 1 unspecified atom stereocenters. The topological polar surface area (TPSA) is 63.3 Å². The maximum Gasteiger partial charge on any atom is 0.303 e. The van der Waals surface area contributed by atoms with Crippen LogP contribution in [-0.2, 0) is 11.2 Å². The van der Waals surface area contributed by atoms with Crippen LogP contribution in [0.5, 0.6) is 0 Å². The molecule has 0 bridgehead atoms. The van der Waals surface area contributed by atoms with E-state index in [0.717, 1.165) is 5.56 Å². The van der Waals surface area contributed by atoms with Gasteiger partial charge >= 0.3 is 5.97 Å². The molecule has 0 fully saturated rings. The van der Waals surface area contributed by atoms with E-state index in [1.54, 1.807) is 6.07 Å². The molecule has 1 aromatic carbocycles. The molecule has 1 aromatic rings. The van der Waals surface area contributed by atoms with E-state index in [4.69, 9.17) is 22.4 Å². The van der Waals surface area contributed by atoms with Crippen molar-refractivity contribution in [3.63, 3.8) is 0 Å². The Morgan fingerprint density at radius 3 is 2.81 bits per heavy atom. The number of nitrogens with two attached hydrogens (primary N) is 1. The van der Waals surface area contributed by atoms with Crippen molar-refractivity contribution in [2.24, 2.45) is 5.73 Å². The zero-order valence-electron chi connectivity index (χ0n) is 8.62. The maximum absolute atomic E-state index is 12.7. The van der Waals surface area contributed by atoms with E-state index in [-0.39, 0.29) is 12.5 Å². The highest BCUT2D eigenvalue weighted by molar-refractivity contribution is 6.31. The molecule has 0 aliphatic carbocycles. The molecule has 0 radical (unpaired) electrons. The molecule has 88 valence electrons. The number of carboxylic acids is 1. The Balaban J connectivity index is 2.55. The van der Waals surface area contributed by atoms with Gasteiger partial charge in [0.15, 0.2) is 0 Å². The van der Waals surface area contributed by atoms with Crippen LogP contribution in [0.2, 0.25) is 5.02 Å². The van der Waals surface area contributed by atoms with E-state index in [9.17, 15) is 9.18 Å². The number of benzene rings is 1. The van der Waals surface area contributed by atoms with Gasteiger partial charge in [0.1, 0.15) is 5.82 Å². The Kier molecular flexibility index (Phi) is 4.71. The minimum absolute atomic E-state index is 0.0278. The van der Waals surface area contributed by atoms with Crippen LogP contribution in [0.1, 0.15) is 18.4 Å². The monoisotopic (exact) mass is 245 g/mol. The first-order valence-electron chi connectivity index (χ1n) is 4.90. The fraction of sp³-hybridized carbons (Fsp3) is 0.364. The van der Waals surface area contributed by atoms with Crippen molar-refractivity contribution in [2.45, 2.75) is 25.3 Å². The van der Waals surface area contributed by atoms with Crippen molar-refractivity contribution in [1.29, 1.82) is 0 Å². The van der Waals surface area contributed by atoms with Gasteiger partial charge in [0.05, 0.1) is 0 Å². The second-order valence-corrected chi connectivity index (χ2v) is 4.04. The van der Waals surface area contributed by atoms with Gasteiger partial charge in [0, 0.05) is 17.5 Å². The largest absolute Gasteiger partial charge is 0.481 e. The van der Waals surface area contributed by atoms with Gasteiger partial charge in [-0.15, -0.1) is 0 Å². The molecule has 3 N–H and O–H groups in total. The molecule has 0 saturated heterocycles. The van der Waals surface area contributed by atoms with Crippen molar-refractivity contribution in [1.82, 2.24) is 0 Å². The fourth-order valence-electron chi connectivity index (χ4n) is 1.38. The number of hydrogen-bond donors (Lipinski definition) is 2. The summed E-state index contributed by atoms with van der Waals surface area (Å²) in [5, 5.41) is 8.81. The molecule has 0 saturated carbocycles. The van der Waals surface area contributed by atoms with Gasteiger partial charge in [-0.2, -0.15) is 0 Å². The average Bonchev–Trinajstić information content (AvgIpc) is 2.19. The minimum Gasteiger partial charge on any atom is -0.481 e. The van der Waals surface area contributed by atoms with E-state index in [1.807, 2.05) is 0 Å². The molecule has 0 aliphatic rings. The first-order chi connectivity index (χ1) is 7.49. The summed E-state index contributed by atoms with van der Waals surface area (Å²) in [5.74, 6) is -1.27. The third kappa shape index (κ3) is 4.16. The summed E-state index contributed by atoms with van der Waals surface area (Å²) >= 11 is 5.82. The standard InChI is InChI=1S/C11H13ClFNO2/c12-10-6-8(13)2-1-7(10)5-9(14)3-4-11(15)16/h1-2,6,9H,3-5,14H2,(H,15,16). The van der Waals surface area contributed by atoms with Gasteiger partial charge in [0.25, 0.3) is 0 Å². The third-order valence-electron chi connectivity index (χ3n) is 2.23. The van der Waals surface area contributed by atoms with E-state index >= 15 is 0 Å². The summed E-state index contributed by atoms with van der Waals surface area (Å²) < 4.78 is 12.7. The molecule has 0 aromatic heterocycles. The lowest BCUT2D eigenvalue weighted by atomic mass is 10.0. The van der Waals surface area contributed by atoms with Crippen molar-refractivity contribution >= 4 is 17.6 Å². The van der Waals surface area contributed by atoms with Crippen molar-refractivity contribution in [3.8, 4) is 0 Å². The van der Waals surface area contributed by atoms with Gasteiger partial charge < -0.3 is 10.8 Å². The van der Waals surface area contributed by atoms with Gasteiger partial charge in [-0.3, -0.25) is 4.79 Å². The predicted molar refractivity (Wildman–Crippen MR) is 60.0 cm³/mol. The number of hydrogen-bond acceptors (Lipinski definition) is 2. The van der Waals surface area contributed by atoms with Gasteiger partial charge in [-0.25, -0.2) is 4.39 Å². The summed E-state index contributed by atoms with van der Waals surface area (Å²) in [6, 6.07) is 3.82. The maximum atomic E-state index is 12.7. The summed E-state index contributed by atoms with van der Waals surface area (Å²) in [7, 11) is 0. The number of rotatable bonds is 5. The van der Waals surface area contributed by atoms with Crippen LogP contribution in [0.4, 0.5) is 4.39 Å². The molecular weight excluding hydrogens is 233 g/mol. The molecule has 0 amide bonds. The zero-order valence-corrected chi connectivity index (χ0v) is 9.38. The first kappa shape index (κ1) is 12.9. The van der Waals surface area contributed by atoms with Crippen LogP contribution in [0.25, 0.3) is 0 Å². The molecule has 16 heavy (non-hydrogen) atoms. The third-order valence-corrected chi connectivity index (χ3v) is 2.58. The number of carboxylic acid groups (broad SMARTS) is 1. The predicted octanol–water partition coefficient (Wildman–Crippen LogP) is 2.21. The van der Waals surface area contributed by atoms with Crippen LogP contribution in [0, 0.1) is 5.82 Å². The molecule has 1 rings (SSSR count). The van der Waals surface area contributed by atoms with Crippen LogP contribution in [-0.4, -0.2) is 17.1 Å². The number of carbonyl (C=O) groups is 1. The molecular formula is C11H13ClFNO2. The Labute approximate surface area is 98.0 Å². The second-order valence-electron chi connectivity index (χ2n) is 3.63. The summed E-state index contributed by atoms with van der Waals surface area (Å²) in [4.78, 5) is 10.3. The molecule has 0 aliphatic heterocycles. The highest BCUT2D eigenvalue weighted by Gasteiger charge is 2.09. The van der Waals surface area contributed by atoms with Gasteiger partial charge in [-0.1, -0.05) is 17.7 Å². The molecule has 0 spiro atoms. The molecule has 5 heteroatoms.